The van der Waals surface area contributed by atoms with Crippen LogP contribution in [-0.4, -0.2) is 41.7 Å². The summed E-state index contributed by atoms with van der Waals surface area (Å²) < 4.78 is 0.571. The third kappa shape index (κ3) is 2.47. The molecule has 0 radical (unpaired) electrons. The third-order valence-corrected chi connectivity index (χ3v) is 10.5. The van der Waals surface area contributed by atoms with E-state index in [1.54, 1.807) is 6.07 Å². The second kappa shape index (κ2) is 6.31. The SMILES string of the molecule is Nc1cccc2c1C(=O)c1c(O)c3c(c(O)c1C2=O)CI(C(=O)CO)CC3. The van der Waals surface area contributed by atoms with E-state index in [-0.39, 0.29) is 47.7 Å². The molecular formula is C19H16INO6. The van der Waals surface area contributed by atoms with Gasteiger partial charge >= 0.3 is 161 Å². The van der Waals surface area contributed by atoms with Crippen molar-refractivity contribution in [3.05, 3.63) is 51.6 Å². The fourth-order valence-corrected chi connectivity index (χ4v) is 8.48. The molecule has 0 bridgehead atoms. The standard InChI is InChI=1S/C19H16INO6/c21-11-3-1-2-9-13(11)19(27)15-14(17(9)25)18(26)10-6-20(12(23)7-22)5-4-8(10)16(15)24/h1-3,22,24,26H,4-7,21H2. The first kappa shape index (κ1) is 17.9. The van der Waals surface area contributed by atoms with Gasteiger partial charge in [0.15, 0.2) is 0 Å². The van der Waals surface area contributed by atoms with Crippen LogP contribution in [0.3, 0.4) is 0 Å². The summed E-state index contributed by atoms with van der Waals surface area (Å²) in [5.41, 5.74) is 6.40. The van der Waals surface area contributed by atoms with Crippen molar-refractivity contribution in [1.29, 1.82) is 0 Å². The van der Waals surface area contributed by atoms with Gasteiger partial charge in [0.1, 0.15) is 0 Å². The van der Waals surface area contributed by atoms with Crippen molar-refractivity contribution in [2.75, 3.05) is 16.8 Å². The number of carbonyl (C=O) groups is 3. The van der Waals surface area contributed by atoms with Crippen molar-refractivity contribution in [2.45, 2.75) is 10.8 Å². The molecule has 7 nitrogen and oxygen atoms in total. The maximum atomic E-state index is 13.0. The van der Waals surface area contributed by atoms with Crippen LogP contribution < -0.4 is 5.73 Å². The molecule has 0 atom stereocenters. The van der Waals surface area contributed by atoms with Crippen LogP contribution in [0.5, 0.6) is 11.5 Å². The Balaban J connectivity index is 1.95. The van der Waals surface area contributed by atoms with Crippen LogP contribution in [0, 0.1) is 0 Å². The van der Waals surface area contributed by atoms with Gasteiger partial charge in [-0.05, 0) is 0 Å². The molecule has 5 N–H and O–H groups in total. The molecule has 2 aromatic rings. The van der Waals surface area contributed by atoms with Crippen molar-refractivity contribution in [2.24, 2.45) is 0 Å². The number of anilines is 1. The monoisotopic (exact) mass is 481 g/mol. The Morgan fingerprint density at radius 2 is 1.70 bits per heavy atom. The minimum absolute atomic E-state index is 0.0318. The van der Waals surface area contributed by atoms with Crippen LogP contribution in [0.4, 0.5) is 5.69 Å². The molecule has 4 rings (SSSR count). The number of carbonyl (C=O) groups excluding carboxylic acids is 3. The number of nitrogen functional groups attached to an aromatic ring is 1. The van der Waals surface area contributed by atoms with Crippen molar-refractivity contribution >= 4 is 40.9 Å². The van der Waals surface area contributed by atoms with Crippen LogP contribution in [0.2, 0.25) is 0 Å². The molecule has 0 fully saturated rings. The summed E-state index contributed by atoms with van der Waals surface area (Å²) in [6.45, 7) is -0.540. The van der Waals surface area contributed by atoms with Crippen LogP contribution in [0.25, 0.3) is 0 Å². The number of aliphatic hydroxyl groups is 1. The fourth-order valence-electron chi connectivity index (χ4n) is 3.65. The molecule has 1 aliphatic heterocycles. The summed E-state index contributed by atoms with van der Waals surface area (Å²) in [5, 5.41) is 30.7. The number of halogens is 1. The van der Waals surface area contributed by atoms with Gasteiger partial charge in [0.2, 0.25) is 0 Å². The predicted octanol–water partition coefficient (Wildman–Crippen LogP) is 1.54. The maximum absolute atomic E-state index is 13.0. The number of fused-ring (bicyclic) bond motifs is 3. The number of alkyl halides is 2. The average molecular weight is 481 g/mol. The van der Waals surface area contributed by atoms with Gasteiger partial charge in [0, 0.05) is 0 Å². The number of ketones is 2. The van der Waals surface area contributed by atoms with Crippen LogP contribution in [0.15, 0.2) is 18.2 Å². The molecule has 8 heteroatoms. The topological polar surface area (TPSA) is 138 Å². The number of nitrogens with two attached hydrogens (primary N) is 1. The number of phenolic OH excluding ortho intramolecular Hbond substituents is 2. The van der Waals surface area contributed by atoms with E-state index in [1.807, 2.05) is 0 Å². The van der Waals surface area contributed by atoms with Crippen LogP contribution in [0.1, 0.15) is 43.0 Å². The van der Waals surface area contributed by atoms with Gasteiger partial charge in [-0.3, -0.25) is 0 Å². The van der Waals surface area contributed by atoms with E-state index >= 15 is 0 Å². The Labute approximate surface area is 161 Å². The molecule has 140 valence electrons. The molecule has 0 spiro atoms. The first-order valence-electron chi connectivity index (χ1n) is 8.19. The van der Waals surface area contributed by atoms with Gasteiger partial charge in [0.25, 0.3) is 0 Å². The molecule has 27 heavy (non-hydrogen) atoms. The van der Waals surface area contributed by atoms with Gasteiger partial charge in [-0.2, -0.15) is 0 Å². The van der Waals surface area contributed by atoms with E-state index in [0.29, 0.717) is 22.0 Å². The Morgan fingerprint density at radius 3 is 2.41 bits per heavy atom. The normalized spacial score (nSPS) is 16.6. The van der Waals surface area contributed by atoms with E-state index < -0.39 is 38.0 Å². The van der Waals surface area contributed by atoms with Gasteiger partial charge in [0.05, 0.1) is 0 Å². The van der Waals surface area contributed by atoms with E-state index in [2.05, 4.69) is 0 Å². The quantitative estimate of drug-likeness (QED) is 0.143. The number of aliphatic hydroxyl groups excluding tert-OH is 1. The molecule has 0 amide bonds. The zero-order chi connectivity index (χ0) is 19.5. The summed E-state index contributed by atoms with van der Waals surface area (Å²) in [6.07, 6.45) is 0.317. The molecule has 2 aliphatic rings. The Hall–Kier alpha value is -2.46. The molecule has 0 saturated carbocycles. The second-order valence-corrected chi connectivity index (χ2v) is 12.0. The first-order valence-corrected chi connectivity index (χ1v) is 12.3. The van der Waals surface area contributed by atoms with Crippen molar-refractivity contribution < 1.29 is 29.7 Å². The van der Waals surface area contributed by atoms with Crippen LogP contribution >= 0.6 is 19.8 Å². The average Bonchev–Trinajstić information content (AvgIpc) is 2.67. The third-order valence-electron chi connectivity index (χ3n) is 4.97. The second-order valence-electron chi connectivity index (χ2n) is 6.37. The van der Waals surface area contributed by atoms with Gasteiger partial charge < -0.3 is 0 Å². The number of hydrogen-bond acceptors (Lipinski definition) is 7. The molecule has 1 aliphatic carbocycles. The molecule has 1 heterocycles. The minimum atomic E-state index is -2.23. The number of phenols is 2. The number of aromatic hydroxyl groups is 2. The zero-order valence-corrected chi connectivity index (χ0v) is 16.2. The van der Waals surface area contributed by atoms with E-state index in [4.69, 9.17) is 10.8 Å². The summed E-state index contributed by atoms with van der Waals surface area (Å²) in [5.74, 6) is -1.85. The summed E-state index contributed by atoms with van der Waals surface area (Å²) in [6, 6.07) is 4.50. The summed E-state index contributed by atoms with van der Waals surface area (Å²) in [7, 11) is 0. The number of rotatable bonds is 2. The Bertz CT molecular complexity index is 1050. The van der Waals surface area contributed by atoms with Crippen LogP contribution in [-0.2, 0) is 15.6 Å². The Kier molecular flexibility index (Phi) is 4.19. The summed E-state index contributed by atoms with van der Waals surface area (Å²) >= 11 is -2.23. The van der Waals surface area contributed by atoms with E-state index in [9.17, 15) is 24.6 Å². The van der Waals surface area contributed by atoms with Crippen molar-refractivity contribution in [3.63, 3.8) is 0 Å². The number of benzene rings is 2. The Morgan fingerprint density at radius 1 is 1.04 bits per heavy atom. The molecule has 2 aromatic carbocycles. The first-order chi connectivity index (χ1) is 12.9. The molecule has 0 aromatic heterocycles. The molecule has 0 saturated heterocycles. The van der Waals surface area contributed by atoms with Crippen molar-refractivity contribution in [3.8, 4) is 11.5 Å². The predicted molar refractivity (Wildman–Crippen MR) is 106 cm³/mol. The van der Waals surface area contributed by atoms with Gasteiger partial charge in [-0.15, -0.1) is 0 Å². The zero-order valence-electron chi connectivity index (χ0n) is 14.1. The van der Waals surface area contributed by atoms with Gasteiger partial charge in [-0.1, -0.05) is 0 Å². The van der Waals surface area contributed by atoms with E-state index in [1.165, 1.54) is 12.1 Å². The molecular weight excluding hydrogens is 465 g/mol. The van der Waals surface area contributed by atoms with Crippen molar-refractivity contribution in [1.82, 2.24) is 0 Å². The fraction of sp³-hybridized carbons (Fsp3) is 0.211. The summed E-state index contributed by atoms with van der Waals surface area (Å²) in [4.78, 5) is 37.9. The molecule has 0 unspecified atom stereocenters. The van der Waals surface area contributed by atoms with E-state index in [0.717, 1.165) is 0 Å². The van der Waals surface area contributed by atoms with Gasteiger partial charge in [-0.25, -0.2) is 0 Å². The number of hydrogen-bond donors (Lipinski definition) is 4.